The molecule has 1 aliphatic heterocycles. The molecule has 2 aromatic carbocycles. The van der Waals surface area contributed by atoms with Crippen molar-refractivity contribution in [3.05, 3.63) is 58.6 Å². The number of hydrogen-bond donors (Lipinski definition) is 1. The average molecular weight is 388 g/mol. The zero-order chi connectivity index (χ0) is 19.6. The molecule has 6 heteroatoms. The number of rotatable bonds is 6. The second-order valence-corrected chi connectivity index (χ2v) is 7.13. The molecule has 0 bridgehead atoms. The van der Waals surface area contributed by atoms with E-state index in [1.165, 1.54) is 0 Å². The summed E-state index contributed by atoms with van der Waals surface area (Å²) in [6, 6.07) is 12.5. The van der Waals surface area contributed by atoms with Crippen LogP contribution in [0.2, 0.25) is 5.02 Å². The summed E-state index contributed by atoms with van der Waals surface area (Å²) in [5.41, 5.74) is 0.629. The van der Waals surface area contributed by atoms with Gasteiger partial charge in [0.05, 0.1) is 19.1 Å². The lowest BCUT2D eigenvalue weighted by molar-refractivity contribution is -0.145. The fourth-order valence-electron chi connectivity index (χ4n) is 3.47. The molecule has 0 aliphatic carbocycles. The molecule has 3 rings (SSSR count). The molecule has 1 heterocycles. The predicted molar refractivity (Wildman–Crippen MR) is 104 cm³/mol. The molecule has 1 amide bonds. The lowest BCUT2D eigenvalue weighted by Crippen LogP contribution is -2.39. The molecule has 5 nitrogen and oxygen atoms in total. The highest BCUT2D eigenvalue weighted by Crippen LogP contribution is 2.49. The predicted octanol–water partition coefficient (Wildman–Crippen LogP) is 4.32. The number of hydrogen-bond acceptors (Lipinski definition) is 4. The van der Waals surface area contributed by atoms with E-state index in [1.807, 2.05) is 32.0 Å². The highest BCUT2D eigenvalue weighted by Gasteiger charge is 2.51. The van der Waals surface area contributed by atoms with Gasteiger partial charge in [-0.2, -0.15) is 0 Å². The van der Waals surface area contributed by atoms with Crippen LogP contribution in [0.4, 0.5) is 5.69 Å². The van der Waals surface area contributed by atoms with Crippen LogP contribution in [0, 0.1) is 0 Å². The highest BCUT2D eigenvalue weighted by atomic mass is 35.5. The Kier molecular flexibility index (Phi) is 5.42. The molecule has 27 heavy (non-hydrogen) atoms. The van der Waals surface area contributed by atoms with Crippen LogP contribution >= 0.6 is 11.6 Å². The SMILES string of the molecule is CCOC(=O)CC1(c2ccccc2OC(C)C)C(=O)Nc2ccc(Cl)cc21. The number of carbonyl (C=O) groups excluding carboxylic acids is 2. The number of ether oxygens (including phenoxy) is 2. The van der Waals surface area contributed by atoms with Crippen molar-refractivity contribution in [2.75, 3.05) is 11.9 Å². The largest absolute Gasteiger partial charge is 0.491 e. The first-order valence-electron chi connectivity index (χ1n) is 8.91. The van der Waals surface area contributed by atoms with E-state index in [2.05, 4.69) is 5.32 Å². The van der Waals surface area contributed by atoms with Crippen LogP contribution < -0.4 is 10.1 Å². The Morgan fingerprint density at radius 2 is 1.93 bits per heavy atom. The number of para-hydroxylation sites is 1. The van der Waals surface area contributed by atoms with E-state index in [1.54, 1.807) is 31.2 Å². The van der Waals surface area contributed by atoms with Gasteiger partial charge in [0.15, 0.2) is 0 Å². The average Bonchev–Trinajstić information content (AvgIpc) is 2.87. The van der Waals surface area contributed by atoms with Crippen LogP contribution in [0.5, 0.6) is 5.75 Å². The molecular formula is C21H22ClNO4. The first-order valence-corrected chi connectivity index (χ1v) is 9.29. The summed E-state index contributed by atoms with van der Waals surface area (Å²) >= 11 is 6.22. The molecular weight excluding hydrogens is 366 g/mol. The highest BCUT2D eigenvalue weighted by molar-refractivity contribution is 6.31. The summed E-state index contributed by atoms with van der Waals surface area (Å²) in [5, 5.41) is 3.37. The van der Waals surface area contributed by atoms with Gasteiger partial charge in [-0.15, -0.1) is 0 Å². The van der Waals surface area contributed by atoms with Crippen molar-refractivity contribution >= 4 is 29.2 Å². The topological polar surface area (TPSA) is 64.6 Å². The number of nitrogens with one attached hydrogen (secondary N) is 1. The van der Waals surface area contributed by atoms with Crippen molar-refractivity contribution in [3.63, 3.8) is 0 Å². The Morgan fingerprint density at radius 3 is 2.63 bits per heavy atom. The van der Waals surface area contributed by atoms with Gasteiger partial charge in [0.1, 0.15) is 11.2 Å². The number of anilines is 1. The van der Waals surface area contributed by atoms with E-state index in [-0.39, 0.29) is 25.0 Å². The van der Waals surface area contributed by atoms with Gasteiger partial charge >= 0.3 is 5.97 Å². The van der Waals surface area contributed by atoms with Gasteiger partial charge in [0.2, 0.25) is 5.91 Å². The molecule has 1 unspecified atom stereocenters. The quantitative estimate of drug-likeness (QED) is 0.750. The van der Waals surface area contributed by atoms with Gasteiger partial charge in [0, 0.05) is 16.3 Å². The molecule has 0 saturated heterocycles. The van der Waals surface area contributed by atoms with Crippen molar-refractivity contribution in [2.24, 2.45) is 0 Å². The second-order valence-electron chi connectivity index (χ2n) is 6.69. The smallest absolute Gasteiger partial charge is 0.307 e. The Balaban J connectivity index is 2.24. The summed E-state index contributed by atoms with van der Waals surface area (Å²) in [4.78, 5) is 25.7. The Morgan fingerprint density at radius 1 is 1.19 bits per heavy atom. The molecule has 1 aliphatic rings. The maximum absolute atomic E-state index is 13.2. The van der Waals surface area contributed by atoms with Gasteiger partial charge in [-0.25, -0.2) is 0 Å². The minimum absolute atomic E-state index is 0.0888. The van der Waals surface area contributed by atoms with Crippen molar-refractivity contribution < 1.29 is 19.1 Å². The first kappa shape index (κ1) is 19.2. The monoisotopic (exact) mass is 387 g/mol. The van der Waals surface area contributed by atoms with Crippen molar-refractivity contribution in [1.82, 2.24) is 0 Å². The van der Waals surface area contributed by atoms with Crippen LogP contribution in [-0.2, 0) is 19.7 Å². The Labute approximate surface area is 163 Å². The van der Waals surface area contributed by atoms with Crippen molar-refractivity contribution in [2.45, 2.75) is 38.7 Å². The molecule has 0 radical (unpaired) electrons. The van der Waals surface area contributed by atoms with E-state index in [9.17, 15) is 9.59 Å². The minimum Gasteiger partial charge on any atom is -0.491 e. The van der Waals surface area contributed by atoms with Crippen LogP contribution in [0.3, 0.4) is 0 Å². The number of benzene rings is 2. The van der Waals surface area contributed by atoms with E-state index in [0.29, 0.717) is 27.6 Å². The van der Waals surface area contributed by atoms with Gasteiger partial charge in [0.25, 0.3) is 0 Å². The third-order valence-electron chi connectivity index (χ3n) is 4.50. The fraction of sp³-hybridized carbons (Fsp3) is 0.333. The summed E-state index contributed by atoms with van der Waals surface area (Å²) in [5.74, 6) is -0.202. The number of amides is 1. The van der Waals surface area contributed by atoms with Crippen LogP contribution in [0.1, 0.15) is 38.3 Å². The Bertz CT molecular complexity index is 880. The van der Waals surface area contributed by atoms with Gasteiger partial charge in [-0.1, -0.05) is 29.8 Å². The standard InChI is InChI=1S/C21H22ClNO4/c1-4-26-19(24)12-21(15-7-5-6-8-18(15)27-13(2)3)16-11-14(22)9-10-17(16)23-20(21)25/h5-11,13H,4,12H2,1-3H3,(H,23,25). The maximum Gasteiger partial charge on any atom is 0.307 e. The summed E-state index contributed by atoms with van der Waals surface area (Å²) in [6.45, 7) is 5.80. The number of esters is 1. The fourth-order valence-corrected chi connectivity index (χ4v) is 3.64. The second kappa shape index (κ2) is 7.61. The minimum atomic E-state index is -1.27. The van der Waals surface area contributed by atoms with Gasteiger partial charge in [-0.3, -0.25) is 9.59 Å². The number of carbonyl (C=O) groups is 2. The molecule has 2 aromatic rings. The molecule has 0 spiro atoms. The maximum atomic E-state index is 13.2. The molecule has 1 atom stereocenters. The molecule has 0 saturated carbocycles. The Hall–Kier alpha value is -2.53. The number of fused-ring (bicyclic) bond motifs is 1. The first-order chi connectivity index (χ1) is 12.9. The normalized spacial score (nSPS) is 18.2. The molecule has 1 N–H and O–H groups in total. The number of halogens is 1. The van der Waals surface area contributed by atoms with Crippen molar-refractivity contribution in [3.8, 4) is 5.75 Å². The van der Waals surface area contributed by atoms with Crippen LogP contribution in [0.25, 0.3) is 0 Å². The van der Waals surface area contributed by atoms with Crippen LogP contribution in [0.15, 0.2) is 42.5 Å². The van der Waals surface area contributed by atoms with E-state index in [4.69, 9.17) is 21.1 Å². The molecule has 0 fully saturated rings. The summed E-state index contributed by atoms with van der Waals surface area (Å²) in [6.07, 6.45) is -0.229. The lowest BCUT2D eigenvalue weighted by atomic mass is 9.72. The third kappa shape index (κ3) is 3.52. The van der Waals surface area contributed by atoms with Crippen molar-refractivity contribution in [1.29, 1.82) is 0 Å². The van der Waals surface area contributed by atoms with Crippen LogP contribution in [-0.4, -0.2) is 24.6 Å². The molecule has 0 aromatic heterocycles. The summed E-state index contributed by atoms with van der Waals surface area (Å²) < 4.78 is 11.1. The summed E-state index contributed by atoms with van der Waals surface area (Å²) in [7, 11) is 0. The zero-order valence-electron chi connectivity index (χ0n) is 15.5. The van der Waals surface area contributed by atoms with E-state index < -0.39 is 11.4 Å². The molecule has 142 valence electrons. The van der Waals surface area contributed by atoms with Gasteiger partial charge < -0.3 is 14.8 Å². The lowest BCUT2D eigenvalue weighted by Gasteiger charge is -2.29. The zero-order valence-corrected chi connectivity index (χ0v) is 16.3. The van der Waals surface area contributed by atoms with E-state index in [0.717, 1.165) is 0 Å². The van der Waals surface area contributed by atoms with E-state index >= 15 is 0 Å². The van der Waals surface area contributed by atoms with Gasteiger partial charge in [-0.05, 0) is 50.6 Å². The third-order valence-corrected chi connectivity index (χ3v) is 4.74.